The molecule has 2 nitrogen and oxygen atoms in total. The van der Waals surface area contributed by atoms with Gasteiger partial charge in [-0.1, -0.05) is 42.5 Å². The van der Waals surface area contributed by atoms with E-state index in [0.717, 1.165) is 32.5 Å². The highest BCUT2D eigenvalue weighted by Gasteiger charge is 2.09. The largest absolute Gasteiger partial charge is 0.456 e. The molecule has 106 valence electrons. The van der Waals surface area contributed by atoms with E-state index in [1.165, 1.54) is 5.39 Å². The van der Waals surface area contributed by atoms with Crippen LogP contribution >= 0.6 is 15.9 Å². The van der Waals surface area contributed by atoms with Crippen molar-refractivity contribution in [2.45, 2.75) is 13.5 Å². The smallest absolute Gasteiger partial charge is 0.142 e. The second-order valence-electron chi connectivity index (χ2n) is 5.02. The molecule has 0 heterocycles. The highest BCUT2D eigenvalue weighted by atomic mass is 79.9. The number of benzene rings is 3. The number of fused-ring (bicyclic) bond motifs is 1. The Hall–Kier alpha value is -1.84. The number of rotatable bonds is 3. The molecule has 3 aromatic carbocycles. The Morgan fingerprint density at radius 1 is 1.00 bits per heavy atom. The third kappa shape index (κ3) is 2.80. The molecule has 0 spiro atoms. The lowest BCUT2D eigenvalue weighted by Crippen LogP contribution is -2.00. The first-order valence-electron chi connectivity index (χ1n) is 6.84. The first kappa shape index (κ1) is 14.1. The van der Waals surface area contributed by atoms with Crippen LogP contribution in [-0.4, -0.2) is 0 Å². The molecule has 2 N–H and O–H groups in total. The second kappa shape index (κ2) is 5.88. The molecule has 3 rings (SSSR count). The lowest BCUT2D eigenvalue weighted by Gasteiger charge is -2.13. The van der Waals surface area contributed by atoms with Crippen LogP contribution in [0.25, 0.3) is 10.8 Å². The molecule has 21 heavy (non-hydrogen) atoms. The third-order valence-corrected chi connectivity index (χ3v) is 4.31. The fourth-order valence-corrected chi connectivity index (χ4v) is 2.91. The number of ether oxygens (including phenoxy) is 1. The maximum atomic E-state index is 6.09. The van der Waals surface area contributed by atoms with Crippen molar-refractivity contribution in [3.05, 3.63) is 70.2 Å². The Kier molecular flexibility index (Phi) is 3.95. The normalized spacial score (nSPS) is 10.8. The van der Waals surface area contributed by atoms with Crippen molar-refractivity contribution in [3.8, 4) is 11.5 Å². The van der Waals surface area contributed by atoms with Gasteiger partial charge < -0.3 is 10.5 Å². The molecule has 0 atom stereocenters. The summed E-state index contributed by atoms with van der Waals surface area (Å²) in [7, 11) is 0. The van der Waals surface area contributed by atoms with Gasteiger partial charge in [0.25, 0.3) is 0 Å². The van der Waals surface area contributed by atoms with Crippen molar-refractivity contribution in [2.24, 2.45) is 5.73 Å². The predicted octanol–water partition coefficient (Wildman–Crippen LogP) is 5.16. The number of aryl methyl sites for hydroxylation is 1. The zero-order chi connectivity index (χ0) is 14.8. The Morgan fingerprint density at radius 3 is 2.62 bits per heavy atom. The van der Waals surface area contributed by atoms with Gasteiger partial charge in [0.15, 0.2) is 0 Å². The Morgan fingerprint density at radius 2 is 1.81 bits per heavy atom. The molecule has 0 saturated carbocycles. The summed E-state index contributed by atoms with van der Waals surface area (Å²) in [5.74, 6) is 1.61. The van der Waals surface area contributed by atoms with E-state index in [1.807, 2.05) is 43.3 Å². The van der Waals surface area contributed by atoms with Gasteiger partial charge in [-0.05, 0) is 51.3 Å². The maximum absolute atomic E-state index is 6.09. The molecule has 0 saturated heterocycles. The zero-order valence-electron chi connectivity index (χ0n) is 11.8. The topological polar surface area (TPSA) is 35.2 Å². The minimum absolute atomic E-state index is 0.459. The molecule has 3 heteroatoms. The Balaban J connectivity index is 2.06. The van der Waals surface area contributed by atoms with E-state index < -0.39 is 0 Å². The lowest BCUT2D eigenvalue weighted by atomic mass is 10.1. The average molecular weight is 342 g/mol. The van der Waals surface area contributed by atoms with E-state index in [2.05, 4.69) is 34.1 Å². The van der Waals surface area contributed by atoms with Crippen LogP contribution in [0.5, 0.6) is 11.5 Å². The molecule has 0 aliphatic rings. The van der Waals surface area contributed by atoms with Gasteiger partial charge in [-0.3, -0.25) is 0 Å². The summed E-state index contributed by atoms with van der Waals surface area (Å²) >= 11 is 3.65. The molecule has 3 aromatic rings. The van der Waals surface area contributed by atoms with Crippen molar-refractivity contribution in [3.63, 3.8) is 0 Å². The van der Waals surface area contributed by atoms with Crippen LogP contribution in [0.15, 0.2) is 59.1 Å². The minimum atomic E-state index is 0.459. The highest BCUT2D eigenvalue weighted by Crippen LogP contribution is 2.36. The van der Waals surface area contributed by atoms with Crippen LogP contribution in [-0.2, 0) is 6.54 Å². The summed E-state index contributed by atoms with van der Waals surface area (Å²) in [5.41, 5.74) is 7.94. The lowest BCUT2D eigenvalue weighted by molar-refractivity contribution is 0.474. The summed E-state index contributed by atoms with van der Waals surface area (Å²) in [6.45, 7) is 2.50. The van der Waals surface area contributed by atoms with Gasteiger partial charge in [0.2, 0.25) is 0 Å². The van der Waals surface area contributed by atoms with Gasteiger partial charge in [-0.2, -0.15) is 0 Å². The van der Waals surface area contributed by atoms with Gasteiger partial charge in [0, 0.05) is 12.1 Å². The van der Waals surface area contributed by atoms with Crippen LogP contribution < -0.4 is 10.5 Å². The second-order valence-corrected chi connectivity index (χ2v) is 5.81. The van der Waals surface area contributed by atoms with Crippen LogP contribution in [0, 0.1) is 6.92 Å². The summed E-state index contributed by atoms with van der Waals surface area (Å²) in [6.07, 6.45) is 0. The van der Waals surface area contributed by atoms with Crippen LogP contribution in [0.4, 0.5) is 0 Å². The highest BCUT2D eigenvalue weighted by molar-refractivity contribution is 9.10. The van der Waals surface area contributed by atoms with E-state index in [9.17, 15) is 0 Å². The summed E-state index contributed by atoms with van der Waals surface area (Å²) in [6, 6.07) is 18.3. The zero-order valence-corrected chi connectivity index (χ0v) is 13.4. The molecular formula is C18H16BrNO. The van der Waals surface area contributed by atoms with E-state index in [-0.39, 0.29) is 0 Å². The fraction of sp³-hybridized carbons (Fsp3) is 0.111. The molecule has 0 bridgehead atoms. The van der Waals surface area contributed by atoms with Gasteiger partial charge in [-0.25, -0.2) is 0 Å². The molecule has 0 unspecified atom stereocenters. The van der Waals surface area contributed by atoms with Gasteiger partial charge in [-0.15, -0.1) is 0 Å². The van der Waals surface area contributed by atoms with Gasteiger partial charge >= 0.3 is 0 Å². The van der Waals surface area contributed by atoms with Crippen molar-refractivity contribution in [1.82, 2.24) is 0 Å². The predicted molar refractivity (Wildman–Crippen MR) is 90.8 cm³/mol. The van der Waals surface area contributed by atoms with Gasteiger partial charge in [0.05, 0.1) is 4.47 Å². The SMILES string of the molecule is Cc1ccc(CN)c(Oc2ccc3ccccc3c2Br)c1. The van der Waals surface area contributed by atoms with E-state index >= 15 is 0 Å². The van der Waals surface area contributed by atoms with Crippen LogP contribution in [0.1, 0.15) is 11.1 Å². The number of hydrogen-bond acceptors (Lipinski definition) is 2. The Labute approximate surface area is 132 Å². The number of hydrogen-bond donors (Lipinski definition) is 1. The van der Waals surface area contributed by atoms with Crippen molar-refractivity contribution >= 4 is 26.7 Å². The minimum Gasteiger partial charge on any atom is -0.456 e. The number of nitrogens with two attached hydrogens (primary N) is 1. The molecule has 0 fully saturated rings. The molecular weight excluding hydrogens is 326 g/mol. The fourth-order valence-electron chi connectivity index (χ4n) is 2.34. The monoisotopic (exact) mass is 341 g/mol. The first-order valence-corrected chi connectivity index (χ1v) is 7.63. The van der Waals surface area contributed by atoms with Crippen molar-refractivity contribution < 1.29 is 4.74 Å². The van der Waals surface area contributed by atoms with Gasteiger partial charge in [0.1, 0.15) is 11.5 Å². The average Bonchev–Trinajstić information content (AvgIpc) is 2.51. The molecule has 0 aromatic heterocycles. The quantitative estimate of drug-likeness (QED) is 0.713. The Bertz CT molecular complexity index is 798. The molecule has 0 aliphatic carbocycles. The van der Waals surface area contributed by atoms with Crippen molar-refractivity contribution in [1.29, 1.82) is 0 Å². The first-order chi connectivity index (χ1) is 10.2. The van der Waals surface area contributed by atoms with Crippen molar-refractivity contribution in [2.75, 3.05) is 0 Å². The van der Waals surface area contributed by atoms with E-state index in [0.29, 0.717) is 6.54 Å². The van der Waals surface area contributed by atoms with E-state index in [4.69, 9.17) is 10.5 Å². The van der Waals surface area contributed by atoms with E-state index in [1.54, 1.807) is 0 Å². The number of halogens is 1. The third-order valence-electron chi connectivity index (χ3n) is 3.49. The summed E-state index contributed by atoms with van der Waals surface area (Å²) < 4.78 is 7.06. The maximum Gasteiger partial charge on any atom is 0.142 e. The van der Waals surface area contributed by atoms with Crippen LogP contribution in [0.2, 0.25) is 0 Å². The molecule has 0 amide bonds. The van der Waals surface area contributed by atoms with Crippen LogP contribution in [0.3, 0.4) is 0 Å². The molecule has 0 aliphatic heterocycles. The molecule has 0 radical (unpaired) electrons. The summed E-state index contributed by atoms with van der Waals surface area (Å²) in [5, 5.41) is 2.32. The standard InChI is InChI=1S/C18H16BrNO/c1-12-6-7-14(11-20)17(10-12)21-16-9-8-13-4-2-3-5-15(13)18(16)19/h2-10H,11,20H2,1H3. The summed E-state index contributed by atoms with van der Waals surface area (Å²) in [4.78, 5) is 0.